The second-order valence-corrected chi connectivity index (χ2v) is 21.3. The summed E-state index contributed by atoms with van der Waals surface area (Å²) < 4.78 is 16.9. The van der Waals surface area contributed by atoms with Gasteiger partial charge in [-0.3, -0.25) is 14.4 Å². The van der Waals surface area contributed by atoms with Gasteiger partial charge in [-0.2, -0.15) is 0 Å². The van der Waals surface area contributed by atoms with Crippen molar-refractivity contribution >= 4 is 17.9 Å². The Hall–Kier alpha value is -2.11. The average Bonchev–Trinajstić information content (AvgIpc) is 3.36. The van der Waals surface area contributed by atoms with Gasteiger partial charge >= 0.3 is 17.9 Å². The van der Waals surface area contributed by atoms with E-state index in [0.717, 1.165) is 64.2 Å². The average molecular weight is 986 g/mol. The number of carbonyl (C=O) groups is 3. The minimum Gasteiger partial charge on any atom is -0.462 e. The molecule has 0 N–H and O–H groups in total. The lowest BCUT2D eigenvalue weighted by atomic mass is 10.0. The van der Waals surface area contributed by atoms with E-state index in [9.17, 15) is 14.4 Å². The van der Waals surface area contributed by atoms with E-state index in [1.807, 2.05) is 0 Å². The van der Waals surface area contributed by atoms with Crippen LogP contribution < -0.4 is 0 Å². The highest BCUT2D eigenvalue weighted by Gasteiger charge is 2.19. The van der Waals surface area contributed by atoms with Gasteiger partial charge in [0.2, 0.25) is 0 Å². The van der Waals surface area contributed by atoms with Gasteiger partial charge in [-0.25, -0.2) is 0 Å². The SMILES string of the molecule is CCCCCCCCC/C=C\CCCCCCCC(=O)OC(COC(=O)CCCCCCCCCCC)COC(=O)CCCCCCCCCCCCCCCCC/C=C\CCCCCCCCCC. The molecule has 0 spiro atoms. The van der Waals surface area contributed by atoms with E-state index in [-0.39, 0.29) is 31.1 Å². The van der Waals surface area contributed by atoms with Gasteiger partial charge in [-0.15, -0.1) is 0 Å². The number of allylic oxidation sites excluding steroid dienone is 4. The summed E-state index contributed by atoms with van der Waals surface area (Å²) in [6.07, 6.45) is 70.6. The molecule has 412 valence electrons. The molecule has 0 bridgehead atoms. The van der Waals surface area contributed by atoms with Gasteiger partial charge in [-0.05, 0) is 70.6 Å². The number of hydrogen-bond donors (Lipinski definition) is 0. The lowest BCUT2D eigenvalue weighted by Gasteiger charge is -2.18. The lowest BCUT2D eigenvalue weighted by molar-refractivity contribution is -0.167. The molecule has 70 heavy (non-hydrogen) atoms. The Balaban J connectivity index is 4.12. The maximum Gasteiger partial charge on any atom is 0.306 e. The predicted octanol–water partition coefficient (Wildman–Crippen LogP) is 21.1. The molecule has 0 heterocycles. The van der Waals surface area contributed by atoms with Crippen LogP contribution in [0, 0.1) is 0 Å². The van der Waals surface area contributed by atoms with Crippen LogP contribution >= 0.6 is 0 Å². The van der Waals surface area contributed by atoms with E-state index in [1.165, 1.54) is 244 Å². The summed E-state index contributed by atoms with van der Waals surface area (Å²) >= 11 is 0. The van der Waals surface area contributed by atoms with Crippen LogP contribution in [0.15, 0.2) is 24.3 Å². The molecule has 0 radical (unpaired) electrons. The van der Waals surface area contributed by atoms with Crippen LogP contribution in [0.25, 0.3) is 0 Å². The second-order valence-electron chi connectivity index (χ2n) is 21.3. The van der Waals surface area contributed by atoms with Crippen LogP contribution in [0.3, 0.4) is 0 Å². The standard InChI is InChI=1S/C64H120O6/c1-4-7-10-13-16-19-21-23-25-27-28-29-30-31-32-33-34-35-36-37-39-40-42-45-48-51-54-57-63(66)69-60-61(59-68-62(65)56-53-50-47-44-18-15-12-9-6-3)70-64(67)58-55-52-49-46-43-41-38-26-24-22-20-17-14-11-8-5-2/h26-28,38,61H,4-25,29-37,39-60H2,1-3H3/b28-27-,38-26-. The van der Waals surface area contributed by atoms with Gasteiger partial charge in [-0.1, -0.05) is 283 Å². The first-order valence-electron chi connectivity index (χ1n) is 31.3. The molecule has 0 saturated carbocycles. The molecule has 1 atom stereocenters. The third-order valence-electron chi connectivity index (χ3n) is 14.2. The van der Waals surface area contributed by atoms with Crippen molar-refractivity contribution in [2.45, 2.75) is 354 Å². The molecule has 0 aliphatic carbocycles. The Kier molecular flexibility index (Phi) is 57.7. The van der Waals surface area contributed by atoms with E-state index in [1.54, 1.807) is 0 Å². The highest BCUT2D eigenvalue weighted by atomic mass is 16.6. The van der Waals surface area contributed by atoms with Crippen LogP contribution in [0.1, 0.15) is 348 Å². The Labute approximate surface area is 436 Å². The molecule has 0 aromatic carbocycles. The Bertz CT molecular complexity index is 1130. The number of ether oxygens (including phenoxy) is 3. The van der Waals surface area contributed by atoms with Crippen molar-refractivity contribution in [1.82, 2.24) is 0 Å². The van der Waals surface area contributed by atoms with Crippen LogP contribution in [-0.4, -0.2) is 37.2 Å². The largest absolute Gasteiger partial charge is 0.462 e. The van der Waals surface area contributed by atoms with Gasteiger partial charge in [0.15, 0.2) is 6.10 Å². The van der Waals surface area contributed by atoms with Crippen molar-refractivity contribution in [2.75, 3.05) is 13.2 Å². The van der Waals surface area contributed by atoms with E-state index in [4.69, 9.17) is 14.2 Å². The van der Waals surface area contributed by atoms with Crippen LogP contribution in [-0.2, 0) is 28.6 Å². The fraction of sp³-hybridized carbons (Fsp3) is 0.891. The molecule has 0 aromatic heterocycles. The summed E-state index contributed by atoms with van der Waals surface area (Å²) in [6, 6.07) is 0. The highest BCUT2D eigenvalue weighted by Crippen LogP contribution is 2.17. The van der Waals surface area contributed by atoms with E-state index in [0.29, 0.717) is 19.3 Å². The maximum atomic E-state index is 12.8. The molecular weight excluding hydrogens is 865 g/mol. The van der Waals surface area contributed by atoms with Crippen molar-refractivity contribution < 1.29 is 28.6 Å². The topological polar surface area (TPSA) is 78.9 Å². The quantitative estimate of drug-likeness (QED) is 0.0261. The van der Waals surface area contributed by atoms with Crippen molar-refractivity contribution in [3.8, 4) is 0 Å². The molecule has 0 amide bonds. The number of hydrogen-bond acceptors (Lipinski definition) is 6. The smallest absolute Gasteiger partial charge is 0.306 e. The van der Waals surface area contributed by atoms with E-state index >= 15 is 0 Å². The predicted molar refractivity (Wildman–Crippen MR) is 303 cm³/mol. The molecule has 0 rings (SSSR count). The summed E-state index contributed by atoms with van der Waals surface area (Å²) in [4.78, 5) is 38.1. The van der Waals surface area contributed by atoms with Crippen LogP contribution in [0.4, 0.5) is 0 Å². The van der Waals surface area contributed by atoms with Crippen LogP contribution in [0.2, 0.25) is 0 Å². The first kappa shape index (κ1) is 67.9. The van der Waals surface area contributed by atoms with E-state index < -0.39 is 6.10 Å². The van der Waals surface area contributed by atoms with Crippen molar-refractivity contribution in [1.29, 1.82) is 0 Å². The number of unbranched alkanes of at least 4 members (excludes halogenated alkanes) is 43. The van der Waals surface area contributed by atoms with Gasteiger partial charge in [0.1, 0.15) is 13.2 Å². The second kappa shape index (κ2) is 59.5. The first-order chi connectivity index (χ1) is 34.5. The zero-order valence-electron chi connectivity index (χ0n) is 47.3. The van der Waals surface area contributed by atoms with Crippen LogP contribution in [0.5, 0.6) is 0 Å². The Morgan fingerprint density at radius 2 is 0.471 bits per heavy atom. The summed E-state index contributed by atoms with van der Waals surface area (Å²) in [5.41, 5.74) is 0. The minimum atomic E-state index is -0.770. The van der Waals surface area contributed by atoms with Crippen molar-refractivity contribution in [2.24, 2.45) is 0 Å². The van der Waals surface area contributed by atoms with Gasteiger partial charge in [0.25, 0.3) is 0 Å². The summed E-state index contributed by atoms with van der Waals surface area (Å²) in [5, 5.41) is 0. The summed E-state index contributed by atoms with van der Waals surface area (Å²) in [7, 11) is 0. The first-order valence-corrected chi connectivity index (χ1v) is 31.3. The molecule has 0 aromatic rings. The molecule has 6 nitrogen and oxygen atoms in total. The molecule has 0 aliphatic rings. The maximum absolute atomic E-state index is 12.8. The third-order valence-corrected chi connectivity index (χ3v) is 14.2. The lowest BCUT2D eigenvalue weighted by Crippen LogP contribution is -2.30. The summed E-state index contributed by atoms with van der Waals surface area (Å²) in [6.45, 7) is 6.66. The van der Waals surface area contributed by atoms with Crippen molar-refractivity contribution in [3.63, 3.8) is 0 Å². The van der Waals surface area contributed by atoms with Gasteiger partial charge in [0.05, 0.1) is 0 Å². The number of rotatable bonds is 58. The molecule has 0 aliphatic heterocycles. The van der Waals surface area contributed by atoms with E-state index in [2.05, 4.69) is 45.1 Å². The fourth-order valence-electron chi connectivity index (χ4n) is 9.44. The molecular formula is C64H120O6. The third kappa shape index (κ3) is 56.8. The Morgan fingerprint density at radius 1 is 0.271 bits per heavy atom. The Morgan fingerprint density at radius 3 is 0.714 bits per heavy atom. The fourth-order valence-corrected chi connectivity index (χ4v) is 9.44. The zero-order valence-corrected chi connectivity index (χ0v) is 47.3. The minimum absolute atomic E-state index is 0.0698. The number of esters is 3. The van der Waals surface area contributed by atoms with Crippen molar-refractivity contribution in [3.05, 3.63) is 24.3 Å². The highest BCUT2D eigenvalue weighted by molar-refractivity contribution is 5.71. The van der Waals surface area contributed by atoms with Gasteiger partial charge in [0, 0.05) is 19.3 Å². The normalized spacial score (nSPS) is 12.1. The van der Waals surface area contributed by atoms with Gasteiger partial charge < -0.3 is 14.2 Å². The molecule has 0 fully saturated rings. The molecule has 6 heteroatoms. The molecule has 0 saturated heterocycles. The summed E-state index contributed by atoms with van der Waals surface area (Å²) in [5.74, 6) is -0.860. The molecule has 1 unspecified atom stereocenters. The monoisotopic (exact) mass is 985 g/mol. The zero-order chi connectivity index (χ0) is 50.7. The number of carbonyl (C=O) groups excluding carboxylic acids is 3.